The van der Waals surface area contributed by atoms with E-state index in [1.165, 1.54) is 23.5 Å². The van der Waals surface area contributed by atoms with Gasteiger partial charge in [-0.25, -0.2) is 0 Å². The molecule has 1 N–H and O–H groups in total. The Morgan fingerprint density at radius 3 is 2.52 bits per heavy atom. The fourth-order valence-corrected chi connectivity index (χ4v) is 2.86. The third-order valence-corrected chi connectivity index (χ3v) is 4.06. The Morgan fingerprint density at radius 1 is 1.24 bits per heavy atom. The molecule has 2 aromatic rings. The first kappa shape index (κ1) is 15.9. The summed E-state index contributed by atoms with van der Waals surface area (Å²) in [4.78, 5) is 2.70. The highest BCUT2D eigenvalue weighted by Gasteiger charge is 2.35. The number of hydrogen-bond donors (Lipinski definition) is 1. The molecule has 6 heteroatoms. The van der Waals surface area contributed by atoms with Gasteiger partial charge < -0.3 is 10.0 Å². The normalized spacial score (nSPS) is 11.7. The van der Waals surface area contributed by atoms with Crippen LogP contribution in [0.25, 0.3) is 0 Å². The summed E-state index contributed by atoms with van der Waals surface area (Å²) < 4.78 is 39.7. The van der Waals surface area contributed by atoms with Gasteiger partial charge in [0.2, 0.25) is 0 Å². The number of aliphatic hydroxyl groups excluding tert-OH is 1. The van der Waals surface area contributed by atoms with Gasteiger partial charge in [-0.15, -0.1) is 11.3 Å². The Kier molecular flexibility index (Phi) is 4.90. The lowest BCUT2D eigenvalue weighted by molar-refractivity contribution is -0.137. The number of benzene rings is 1. The second kappa shape index (κ2) is 6.49. The predicted molar refractivity (Wildman–Crippen MR) is 78.4 cm³/mol. The minimum absolute atomic E-state index is 0.149. The van der Waals surface area contributed by atoms with Crippen molar-refractivity contribution in [1.82, 2.24) is 0 Å². The molecule has 0 aliphatic heterocycles. The Balaban J connectivity index is 2.40. The maximum atomic E-state index is 13.2. The maximum absolute atomic E-state index is 13.2. The average Bonchev–Trinajstić information content (AvgIpc) is 2.96. The van der Waals surface area contributed by atoms with Crippen LogP contribution in [0.5, 0.6) is 0 Å². The first-order chi connectivity index (χ1) is 9.95. The van der Waals surface area contributed by atoms with Crippen LogP contribution in [0.4, 0.5) is 18.9 Å². The lowest BCUT2D eigenvalue weighted by Gasteiger charge is -2.26. The van der Waals surface area contributed by atoms with Crippen molar-refractivity contribution in [1.29, 1.82) is 0 Å². The highest BCUT2D eigenvalue weighted by molar-refractivity contribution is 7.09. The molecule has 114 valence electrons. The molecule has 0 saturated carbocycles. The van der Waals surface area contributed by atoms with Crippen LogP contribution < -0.4 is 4.90 Å². The van der Waals surface area contributed by atoms with Crippen molar-refractivity contribution in [2.24, 2.45) is 0 Å². The van der Waals surface area contributed by atoms with Crippen LogP contribution in [0.3, 0.4) is 0 Å². The number of rotatable bonds is 5. The van der Waals surface area contributed by atoms with E-state index in [-0.39, 0.29) is 11.3 Å². The van der Waals surface area contributed by atoms with E-state index >= 15 is 0 Å². The summed E-state index contributed by atoms with van der Waals surface area (Å²) in [6.07, 6.45) is -4.44. The lowest BCUT2D eigenvalue weighted by Crippen LogP contribution is -2.25. The fraction of sp³-hybridized carbons (Fsp3) is 0.333. The van der Waals surface area contributed by atoms with E-state index in [4.69, 9.17) is 5.11 Å². The van der Waals surface area contributed by atoms with Gasteiger partial charge in [-0.3, -0.25) is 0 Å². The van der Waals surface area contributed by atoms with Crippen LogP contribution in [-0.2, 0) is 19.3 Å². The predicted octanol–water partition coefficient (Wildman–Crippen LogP) is 4.29. The van der Waals surface area contributed by atoms with E-state index in [0.29, 0.717) is 13.1 Å². The van der Waals surface area contributed by atoms with E-state index in [1.807, 2.05) is 24.4 Å². The van der Waals surface area contributed by atoms with Crippen LogP contribution in [0.2, 0.25) is 0 Å². The highest BCUT2D eigenvalue weighted by atomic mass is 32.1. The summed E-state index contributed by atoms with van der Waals surface area (Å²) in [6.45, 7) is 2.34. The van der Waals surface area contributed by atoms with E-state index in [2.05, 4.69) is 0 Å². The van der Waals surface area contributed by atoms with Crippen LogP contribution in [0, 0.1) is 0 Å². The molecule has 2 nitrogen and oxygen atoms in total. The molecule has 0 bridgehead atoms. The number of aliphatic hydroxyl groups is 1. The second-order valence-corrected chi connectivity index (χ2v) is 5.63. The quantitative estimate of drug-likeness (QED) is 0.890. The first-order valence-corrected chi connectivity index (χ1v) is 7.42. The molecule has 0 aliphatic rings. The zero-order chi connectivity index (χ0) is 15.5. The van der Waals surface area contributed by atoms with Gasteiger partial charge >= 0.3 is 6.18 Å². The zero-order valence-corrected chi connectivity index (χ0v) is 12.3. The topological polar surface area (TPSA) is 23.5 Å². The van der Waals surface area contributed by atoms with Gasteiger partial charge in [0.05, 0.1) is 18.7 Å². The molecule has 1 heterocycles. The van der Waals surface area contributed by atoms with Crippen LogP contribution in [0.1, 0.15) is 22.9 Å². The Morgan fingerprint density at radius 2 is 2.00 bits per heavy atom. The van der Waals surface area contributed by atoms with E-state index in [1.54, 1.807) is 4.90 Å². The SMILES string of the molecule is CCN(Cc1cccs1)c1ccc(CO)cc1C(F)(F)F. The molecule has 0 spiro atoms. The van der Waals surface area contributed by atoms with E-state index in [0.717, 1.165) is 10.9 Å². The van der Waals surface area contributed by atoms with Crippen molar-refractivity contribution >= 4 is 17.0 Å². The molecule has 0 aliphatic carbocycles. The van der Waals surface area contributed by atoms with Gasteiger partial charge in [-0.2, -0.15) is 13.2 Å². The van der Waals surface area contributed by atoms with E-state index < -0.39 is 18.3 Å². The molecule has 0 amide bonds. The molecule has 1 aromatic carbocycles. The summed E-state index contributed by atoms with van der Waals surface area (Å²) in [7, 11) is 0. The molecule has 1 aromatic heterocycles. The summed E-state index contributed by atoms with van der Waals surface area (Å²) in [6, 6.07) is 7.77. The average molecular weight is 315 g/mol. The van der Waals surface area contributed by atoms with Crippen molar-refractivity contribution in [3.63, 3.8) is 0 Å². The van der Waals surface area contributed by atoms with Crippen molar-refractivity contribution in [3.05, 3.63) is 51.7 Å². The number of thiophene rings is 1. The minimum atomic E-state index is -4.44. The number of anilines is 1. The van der Waals surface area contributed by atoms with Gasteiger partial charge in [0.25, 0.3) is 0 Å². The molecule has 0 atom stereocenters. The Hall–Kier alpha value is -1.53. The summed E-state index contributed by atoms with van der Waals surface area (Å²) in [5, 5.41) is 10.9. The Labute approximate surface area is 125 Å². The van der Waals surface area contributed by atoms with Crippen molar-refractivity contribution < 1.29 is 18.3 Å². The molecule has 21 heavy (non-hydrogen) atoms. The van der Waals surface area contributed by atoms with Crippen LogP contribution in [0.15, 0.2) is 35.7 Å². The molecule has 0 fully saturated rings. The lowest BCUT2D eigenvalue weighted by atomic mass is 10.1. The molecular formula is C15H16F3NOS. The molecule has 0 radical (unpaired) electrons. The van der Waals surface area contributed by atoms with Crippen molar-refractivity contribution in [2.45, 2.75) is 26.3 Å². The summed E-state index contributed by atoms with van der Waals surface area (Å²) in [5.41, 5.74) is -0.290. The number of hydrogen-bond acceptors (Lipinski definition) is 3. The zero-order valence-electron chi connectivity index (χ0n) is 11.5. The highest BCUT2D eigenvalue weighted by Crippen LogP contribution is 2.38. The van der Waals surface area contributed by atoms with Gasteiger partial charge in [-0.05, 0) is 36.1 Å². The third kappa shape index (κ3) is 3.77. The largest absolute Gasteiger partial charge is 0.418 e. The number of halogens is 3. The standard InChI is InChI=1S/C15H16F3NOS/c1-2-19(9-12-4-3-7-21-12)14-6-5-11(10-20)8-13(14)15(16,17)18/h3-8,20H,2,9-10H2,1H3. The fourth-order valence-electron chi connectivity index (χ4n) is 2.14. The second-order valence-electron chi connectivity index (χ2n) is 4.60. The molecule has 2 rings (SSSR count). The Bertz CT molecular complexity index is 581. The van der Waals surface area contributed by atoms with Gasteiger partial charge in [0.1, 0.15) is 0 Å². The van der Waals surface area contributed by atoms with Crippen molar-refractivity contribution in [3.8, 4) is 0 Å². The molecule has 0 unspecified atom stereocenters. The molecular weight excluding hydrogens is 299 g/mol. The van der Waals surface area contributed by atoms with Gasteiger partial charge in [0.15, 0.2) is 0 Å². The van der Waals surface area contributed by atoms with Gasteiger partial charge in [0, 0.05) is 17.1 Å². The smallest absolute Gasteiger partial charge is 0.392 e. The minimum Gasteiger partial charge on any atom is -0.392 e. The summed E-state index contributed by atoms with van der Waals surface area (Å²) in [5.74, 6) is 0. The summed E-state index contributed by atoms with van der Waals surface area (Å²) >= 11 is 1.52. The third-order valence-electron chi connectivity index (χ3n) is 3.20. The number of nitrogens with zero attached hydrogens (tertiary/aromatic N) is 1. The molecule has 0 saturated heterocycles. The monoisotopic (exact) mass is 315 g/mol. The first-order valence-electron chi connectivity index (χ1n) is 6.54. The van der Waals surface area contributed by atoms with Crippen LogP contribution >= 0.6 is 11.3 Å². The van der Waals surface area contributed by atoms with Gasteiger partial charge in [-0.1, -0.05) is 12.1 Å². The van der Waals surface area contributed by atoms with Crippen LogP contribution in [-0.4, -0.2) is 11.7 Å². The maximum Gasteiger partial charge on any atom is 0.418 e. The number of alkyl halides is 3. The van der Waals surface area contributed by atoms with E-state index in [9.17, 15) is 13.2 Å². The van der Waals surface area contributed by atoms with Crippen molar-refractivity contribution in [2.75, 3.05) is 11.4 Å².